The SMILES string of the molecule is Cc1cccc([N+]#N)c1.[F-]. The number of halogens is 1. The largest absolute Gasteiger partial charge is 1.00 e. The number of hydrogen-bond donors (Lipinski definition) is 0. The number of nitrogens with zero attached hydrogens (tertiary/aromatic N) is 2. The summed E-state index contributed by atoms with van der Waals surface area (Å²) in [6.45, 7) is 1.95. The standard InChI is InChI=1S/C7H7N2.FH/c1-6-3-2-4-7(5-6)9-8;/h2-5H,1H3;1H/q+1;/p-1. The smallest absolute Gasteiger partial charge is 0.385 e. The number of diazo groups is 1. The minimum atomic E-state index is 0. The van der Waals surface area contributed by atoms with Gasteiger partial charge in [0.1, 0.15) is 0 Å². The Morgan fingerprint density at radius 1 is 1.40 bits per heavy atom. The molecule has 0 unspecified atom stereocenters. The monoisotopic (exact) mass is 138 g/mol. The second-order valence-electron chi connectivity index (χ2n) is 1.94. The zero-order valence-corrected chi connectivity index (χ0v) is 5.58. The molecule has 1 rings (SSSR count). The van der Waals surface area contributed by atoms with Gasteiger partial charge < -0.3 is 4.70 Å². The highest BCUT2D eigenvalue weighted by molar-refractivity contribution is 5.45. The van der Waals surface area contributed by atoms with E-state index < -0.39 is 0 Å². The Balaban J connectivity index is 0.000000810. The van der Waals surface area contributed by atoms with Crippen LogP contribution in [0.25, 0.3) is 4.98 Å². The van der Waals surface area contributed by atoms with Crippen molar-refractivity contribution < 1.29 is 4.70 Å². The summed E-state index contributed by atoms with van der Waals surface area (Å²) in [7, 11) is 0. The maximum atomic E-state index is 8.29. The molecule has 0 aliphatic heterocycles. The van der Waals surface area contributed by atoms with E-state index in [9.17, 15) is 0 Å². The minimum absolute atomic E-state index is 0. The molecule has 1 aromatic carbocycles. The summed E-state index contributed by atoms with van der Waals surface area (Å²) in [6.07, 6.45) is 0. The Labute approximate surface area is 58.5 Å². The van der Waals surface area contributed by atoms with Crippen LogP contribution in [0.2, 0.25) is 0 Å². The van der Waals surface area contributed by atoms with E-state index >= 15 is 0 Å². The lowest BCUT2D eigenvalue weighted by atomic mass is 10.2. The quantitative estimate of drug-likeness (QED) is 0.443. The molecule has 10 heavy (non-hydrogen) atoms. The first-order valence-corrected chi connectivity index (χ1v) is 2.74. The van der Waals surface area contributed by atoms with E-state index in [0.717, 1.165) is 5.56 Å². The third kappa shape index (κ3) is 1.82. The molecule has 0 aromatic heterocycles. The molecule has 0 radical (unpaired) electrons. The Hall–Kier alpha value is -1.43. The minimum Gasteiger partial charge on any atom is -1.00 e. The first-order valence-electron chi connectivity index (χ1n) is 2.74. The Bertz CT molecular complexity index is 252. The summed E-state index contributed by atoms with van der Waals surface area (Å²) in [4.78, 5) is 3.03. The van der Waals surface area contributed by atoms with Crippen LogP contribution in [-0.2, 0) is 0 Å². The van der Waals surface area contributed by atoms with Crippen molar-refractivity contribution in [2.45, 2.75) is 6.92 Å². The molecule has 0 atom stereocenters. The molecule has 52 valence electrons. The van der Waals surface area contributed by atoms with Crippen molar-refractivity contribution in [3.8, 4) is 0 Å². The average molecular weight is 138 g/mol. The molecule has 3 heteroatoms. The fourth-order valence-electron chi connectivity index (χ4n) is 0.690. The van der Waals surface area contributed by atoms with E-state index in [4.69, 9.17) is 5.39 Å². The van der Waals surface area contributed by atoms with Crippen LogP contribution in [0.3, 0.4) is 0 Å². The van der Waals surface area contributed by atoms with E-state index in [2.05, 4.69) is 4.98 Å². The predicted molar refractivity (Wildman–Crippen MR) is 35.9 cm³/mol. The highest BCUT2D eigenvalue weighted by Crippen LogP contribution is 2.11. The third-order valence-electron chi connectivity index (χ3n) is 1.12. The van der Waals surface area contributed by atoms with Crippen LogP contribution in [0, 0.1) is 12.3 Å². The van der Waals surface area contributed by atoms with Crippen LogP contribution in [-0.4, -0.2) is 0 Å². The molecule has 0 bridgehead atoms. The van der Waals surface area contributed by atoms with E-state index in [0.29, 0.717) is 5.69 Å². The van der Waals surface area contributed by atoms with Gasteiger partial charge in [-0.2, -0.15) is 0 Å². The molecule has 0 heterocycles. The first-order chi connectivity index (χ1) is 4.33. The van der Waals surface area contributed by atoms with Crippen molar-refractivity contribution in [1.29, 1.82) is 5.39 Å². The summed E-state index contributed by atoms with van der Waals surface area (Å²) in [5.41, 5.74) is 1.71. The number of aryl methyl sites for hydroxylation is 1. The number of hydrogen-bond acceptors (Lipinski definition) is 1. The van der Waals surface area contributed by atoms with E-state index in [1.165, 1.54) is 0 Å². The molecule has 2 nitrogen and oxygen atoms in total. The van der Waals surface area contributed by atoms with Gasteiger partial charge in [-0.05, 0) is 12.5 Å². The molecule has 0 saturated carbocycles. The lowest BCUT2D eigenvalue weighted by Gasteiger charge is -1.81. The molecule has 0 amide bonds. The molecule has 0 aliphatic rings. The van der Waals surface area contributed by atoms with E-state index in [1.54, 1.807) is 12.1 Å². The van der Waals surface area contributed by atoms with Gasteiger partial charge in [-0.25, -0.2) is 0 Å². The maximum absolute atomic E-state index is 8.29. The van der Waals surface area contributed by atoms with Crippen LogP contribution < -0.4 is 4.70 Å². The highest BCUT2D eigenvalue weighted by atomic mass is 19.0. The van der Waals surface area contributed by atoms with E-state index in [-0.39, 0.29) is 4.70 Å². The summed E-state index contributed by atoms with van der Waals surface area (Å²) < 4.78 is 0. The summed E-state index contributed by atoms with van der Waals surface area (Å²) in [5, 5.41) is 8.29. The van der Waals surface area contributed by atoms with Gasteiger partial charge in [-0.15, -0.1) is 0 Å². The summed E-state index contributed by atoms with van der Waals surface area (Å²) >= 11 is 0. The van der Waals surface area contributed by atoms with Crippen molar-refractivity contribution in [3.63, 3.8) is 0 Å². The highest BCUT2D eigenvalue weighted by Gasteiger charge is 1.99. The zero-order valence-electron chi connectivity index (χ0n) is 5.58. The summed E-state index contributed by atoms with van der Waals surface area (Å²) in [5.74, 6) is 0. The lowest BCUT2D eigenvalue weighted by molar-refractivity contribution is -0.00000215. The molecule has 0 spiro atoms. The Morgan fingerprint density at radius 2 is 2.10 bits per heavy atom. The number of benzene rings is 1. The van der Waals surface area contributed by atoms with Crippen LogP contribution in [0.4, 0.5) is 5.69 Å². The van der Waals surface area contributed by atoms with Crippen molar-refractivity contribution >= 4 is 5.69 Å². The Kier molecular flexibility index (Phi) is 3.06. The second kappa shape index (κ2) is 3.57. The molecule has 0 N–H and O–H groups in total. The van der Waals surface area contributed by atoms with Gasteiger partial charge in [-0.3, -0.25) is 0 Å². The summed E-state index contributed by atoms with van der Waals surface area (Å²) in [6, 6.07) is 7.35. The topological polar surface area (TPSA) is 28.1 Å². The van der Waals surface area contributed by atoms with Crippen LogP contribution >= 0.6 is 0 Å². The molecule has 1 aromatic rings. The number of rotatable bonds is 0. The molecule has 0 aliphatic carbocycles. The van der Waals surface area contributed by atoms with Gasteiger partial charge in [0.05, 0.1) is 0 Å². The van der Waals surface area contributed by atoms with Gasteiger partial charge in [0, 0.05) is 12.1 Å². The lowest BCUT2D eigenvalue weighted by Crippen LogP contribution is -3.00. The van der Waals surface area contributed by atoms with Crippen LogP contribution in [0.1, 0.15) is 5.56 Å². The molecule has 0 saturated heterocycles. The van der Waals surface area contributed by atoms with Gasteiger partial charge in [0.2, 0.25) is 5.39 Å². The van der Waals surface area contributed by atoms with Crippen molar-refractivity contribution in [3.05, 3.63) is 34.8 Å². The second-order valence-corrected chi connectivity index (χ2v) is 1.94. The van der Waals surface area contributed by atoms with Gasteiger partial charge in [-0.1, -0.05) is 12.1 Å². The fourth-order valence-corrected chi connectivity index (χ4v) is 0.690. The maximum Gasteiger partial charge on any atom is 0.385 e. The third-order valence-corrected chi connectivity index (χ3v) is 1.12. The molecule has 0 fully saturated rings. The van der Waals surface area contributed by atoms with Gasteiger partial charge in [0.25, 0.3) is 0 Å². The molecular weight excluding hydrogens is 131 g/mol. The van der Waals surface area contributed by atoms with Crippen molar-refractivity contribution in [2.75, 3.05) is 0 Å². The van der Waals surface area contributed by atoms with Crippen molar-refractivity contribution in [2.24, 2.45) is 0 Å². The van der Waals surface area contributed by atoms with Gasteiger partial charge >= 0.3 is 5.69 Å². The van der Waals surface area contributed by atoms with E-state index in [1.807, 2.05) is 19.1 Å². The van der Waals surface area contributed by atoms with Crippen LogP contribution in [0.15, 0.2) is 24.3 Å². The molecular formula is C7H7FN2. The van der Waals surface area contributed by atoms with Crippen molar-refractivity contribution in [1.82, 2.24) is 0 Å². The normalized spacial score (nSPS) is 7.60. The average Bonchev–Trinajstić information content (AvgIpc) is 1.88. The fraction of sp³-hybridized carbons (Fsp3) is 0.143. The predicted octanol–water partition coefficient (Wildman–Crippen LogP) is -0.516. The Morgan fingerprint density at radius 3 is 2.50 bits per heavy atom. The zero-order chi connectivity index (χ0) is 6.69. The van der Waals surface area contributed by atoms with Crippen LogP contribution in [0.5, 0.6) is 0 Å². The van der Waals surface area contributed by atoms with Gasteiger partial charge in [0.15, 0.2) is 4.98 Å². The first kappa shape index (κ1) is 8.57.